The van der Waals surface area contributed by atoms with E-state index in [1.165, 1.54) is 6.33 Å². The molecule has 0 spiro atoms. The lowest BCUT2D eigenvalue weighted by atomic mass is 9.88. The summed E-state index contributed by atoms with van der Waals surface area (Å²) in [4.78, 5) is 13.7. The molecule has 7 heteroatoms. The van der Waals surface area contributed by atoms with Crippen LogP contribution in [-0.4, -0.2) is 43.9 Å². The van der Waals surface area contributed by atoms with Crippen molar-refractivity contribution in [3.63, 3.8) is 0 Å². The zero-order valence-electron chi connectivity index (χ0n) is 13.3. The van der Waals surface area contributed by atoms with Gasteiger partial charge in [0, 0.05) is 32.5 Å². The maximum atomic E-state index is 15.1. The minimum absolute atomic E-state index is 0.193. The fourth-order valence-electron chi connectivity index (χ4n) is 2.68. The Kier molecular flexibility index (Phi) is 3.95. The molecule has 1 saturated heterocycles. The Morgan fingerprint density at radius 1 is 1.52 bits per heavy atom. The van der Waals surface area contributed by atoms with Gasteiger partial charge in [0.25, 0.3) is 0 Å². The molecule has 0 unspecified atom stereocenters. The van der Waals surface area contributed by atoms with Crippen LogP contribution in [0.5, 0.6) is 0 Å². The fourth-order valence-corrected chi connectivity index (χ4v) is 2.68. The van der Waals surface area contributed by atoms with Crippen molar-refractivity contribution in [2.75, 3.05) is 6.54 Å². The van der Waals surface area contributed by atoms with Gasteiger partial charge in [-0.2, -0.15) is 0 Å². The summed E-state index contributed by atoms with van der Waals surface area (Å²) in [5.41, 5.74) is -2.10. The highest BCUT2D eigenvalue weighted by Gasteiger charge is 2.45. The van der Waals surface area contributed by atoms with Crippen molar-refractivity contribution in [3.8, 4) is 0 Å². The number of aromatic nitrogens is 3. The minimum atomic E-state index is -1.55. The van der Waals surface area contributed by atoms with Gasteiger partial charge in [-0.3, -0.25) is 0 Å². The van der Waals surface area contributed by atoms with Gasteiger partial charge >= 0.3 is 6.09 Å². The maximum absolute atomic E-state index is 15.1. The Bertz CT molecular complexity index is 525. The molecule has 0 aromatic carbocycles. The van der Waals surface area contributed by atoms with Gasteiger partial charge < -0.3 is 14.2 Å². The van der Waals surface area contributed by atoms with E-state index in [0.29, 0.717) is 12.4 Å². The van der Waals surface area contributed by atoms with Crippen molar-refractivity contribution in [1.82, 2.24) is 19.7 Å². The standard InChI is InChI=1S/C14H23FN4O2/c1-10-8-14(15,11-17-16-9-18(11)5)6-7-19(10)12(20)21-13(2,3)4/h9-10H,6-8H2,1-5H3/t10-,14+/m0/s1. The van der Waals surface area contributed by atoms with E-state index < -0.39 is 17.4 Å². The molecule has 2 rings (SSSR count). The molecule has 1 aliphatic rings. The van der Waals surface area contributed by atoms with E-state index >= 15 is 4.39 Å². The van der Waals surface area contributed by atoms with Crippen LogP contribution in [0.2, 0.25) is 0 Å². The topological polar surface area (TPSA) is 60.2 Å². The second-order valence-corrected chi connectivity index (χ2v) is 6.71. The third kappa shape index (κ3) is 3.33. The lowest BCUT2D eigenvalue weighted by molar-refractivity contribution is -0.0188. The van der Waals surface area contributed by atoms with Crippen LogP contribution in [0.4, 0.5) is 9.18 Å². The smallest absolute Gasteiger partial charge is 0.410 e. The van der Waals surface area contributed by atoms with Crippen LogP contribution in [-0.2, 0) is 17.5 Å². The first-order chi connectivity index (χ1) is 9.62. The van der Waals surface area contributed by atoms with E-state index in [1.54, 1.807) is 16.5 Å². The molecule has 0 radical (unpaired) electrons. The van der Waals surface area contributed by atoms with Gasteiger partial charge in [0.05, 0.1) is 0 Å². The molecule has 0 bridgehead atoms. The molecule has 2 atom stereocenters. The summed E-state index contributed by atoms with van der Waals surface area (Å²) in [6.45, 7) is 7.59. The third-order valence-electron chi connectivity index (χ3n) is 3.64. The zero-order chi connectivity index (χ0) is 15.8. The Labute approximate surface area is 124 Å². The molecular formula is C14H23FN4O2. The van der Waals surface area contributed by atoms with E-state index in [-0.39, 0.29) is 18.9 Å². The minimum Gasteiger partial charge on any atom is -0.444 e. The summed E-state index contributed by atoms with van der Waals surface area (Å²) in [6, 6.07) is -0.254. The van der Waals surface area contributed by atoms with Crippen LogP contribution in [0.15, 0.2) is 6.33 Å². The second-order valence-electron chi connectivity index (χ2n) is 6.71. The Hall–Kier alpha value is -1.66. The second kappa shape index (κ2) is 5.27. The van der Waals surface area contributed by atoms with Crippen LogP contribution in [0.25, 0.3) is 0 Å². The maximum Gasteiger partial charge on any atom is 0.410 e. The molecule has 0 aliphatic carbocycles. The number of amides is 1. The zero-order valence-corrected chi connectivity index (χ0v) is 13.3. The van der Waals surface area contributed by atoms with E-state index in [2.05, 4.69) is 10.2 Å². The van der Waals surface area contributed by atoms with Gasteiger partial charge in [-0.25, -0.2) is 9.18 Å². The first-order valence-corrected chi connectivity index (χ1v) is 7.15. The highest BCUT2D eigenvalue weighted by molar-refractivity contribution is 5.68. The number of nitrogens with zero attached hydrogens (tertiary/aromatic N) is 4. The first-order valence-electron chi connectivity index (χ1n) is 7.15. The third-order valence-corrected chi connectivity index (χ3v) is 3.64. The van der Waals surface area contributed by atoms with Crippen LogP contribution < -0.4 is 0 Å². The monoisotopic (exact) mass is 298 g/mol. The molecule has 1 aromatic heterocycles. The Balaban J connectivity index is 2.09. The van der Waals surface area contributed by atoms with Crippen molar-refractivity contribution in [2.45, 2.75) is 57.8 Å². The van der Waals surface area contributed by atoms with E-state index in [9.17, 15) is 4.79 Å². The molecule has 118 valence electrons. The normalized spacial score (nSPS) is 26.8. The van der Waals surface area contributed by atoms with Crippen molar-refractivity contribution in [1.29, 1.82) is 0 Å². The number of carbonyl (C=O) groups is 1. The first kappa shape index (κ1) is 15.7. The molecule has 1 aliphatic heterocycles. The summed E-state index contributed by atoms with van der Waals surface area (Å²) in [6.07, 6.45) is 1.48. The van der Waals surface area contributed by atoms with Gasteiger partial charge in [-0.15, -0.1) is 10.2 Å². The number of hydrogen-bond acceptors (Lipinski definition) is 4. The summed E-state index contributed by atoms with van der Waals surface area (Å²) >= 11 is 0. The lowest BCUT2D eigenvalue weighted by Crippen LogP contribution is -2.50. The Morgan fingerprint density at radius 3 is 2.67 bits per heavy atom. The number of alkyl halides is 1. The number of ether oxygens (including phenoxy) is 1. The predicted octanol–water partition coefficient (Wildman–Crippen LogP) is 2.40. The highest BCUT2D eigenvalue weighted by Crippen LogP contribution is 2.38. The fraction of sp³-hybridized carbons (Fsp3) is 0.786. The van der Waals surface area contributed by atoms with Gasteiger partial charge in [0.15, 0.2) is 11.5 Å². The molecule has 1 aromatic rings. The quantitative estimate of drug-likeness (QED) is 0.799. The molecule has 1 fully saturated rings. The van der Waals surface area contributed by atoms with Crippen LogP contribution in [0.1, 0.15) is 46.4 Å². The van der Waals surface area contributed by atoms with E-state index in [1.807, 2.05) is 27.7 Å². The van der Waals surface area contributed by atoms with Crippen LogP contribution in [0, 0.1) is 0 Å². The number of hydrogen-bond donors (Lipinski definition) is 0. The summed E-state index contributed by atoms with van der Waals surface area (Å²) in [5.74, 6) is 0.318. The number of carbonyl (C=O) groups excluding carboxylic acids is 1. The van der Waals surface area contributed by atoms with Gasteiger partial charge in [-0.1, -0.05) is 0 Å². The van der Waals surface area contributed by atoms with Crippen molar-refractivity contribution in [3.05, 3.63) is 12.2 Å². The molecule has 21 heavy (non-hydrogen) atoms. The highest BCUT2D eigenvalue weighted by atomic mass is 19.1. The van der Waals surface area contributed by atoms with Gasteiger partial charge in [0.1, 0.15) is 11.9 Å². The molecular weight excluding hydrogens is 275 g/mol. The molecule has 0 saturated carbocycles. The van der Waals surface area contributed by atoms with Crippen molar-refractivity contribution >= 4 is 6.09 Å². The van der Waals surface area contributed by atoms with Crippen molar-refractivity contribution < 1.29 is 13.9 Å². The van der Waals surface area contributed by atoms with Crippen LogP contribution in [0.3, 0.4) is 0 Å². The average Bonchev–Trinajstić information content (AvgIpc) is 2.73. The lowest BCUT2D eigenvalue weighted by Gasteiger charge is -2.40. The van der Waals surface area contributed by atoms with E-state index in [4.69, 9.17) is 4.74 Å². The SMILES string of the molecule is C[C@H]1C[C@@](F)(c2nncn2C)CCN1C(=O)OC(C)(C)C. The molecule has 0 N–H and O–H groups in total. The van der Waals surface area contributed by atoms with Gasteiger partial charge in [0.2, 0.25) is 0 Å². The average molecular weight is 298 g/mol. The summed E-state index contributed by atoms with van der Waals surface area (Å²) < 4.78 is 22.1. The number of halogens is 1. The van der Waals surface area contributed by atoms with Gasteiger partial charge in [-0.05, 0) is 27.7 Å². The molecule has 2 heterocycles. The summed E-state index contributed by atoms with van der Waals surface area (Å²) in [7, 11) is 1.72. The van der Waals surface area contributed by atoms with E-state index in [0.717, 1.165) is 0 Å². The number of piperidine rings is 1. The molecule has 6 nitrogen and oxygen atoms in total. The number of likely N-dealkylation sites (tertiary alicyclic amines) is 1. The number of rotatable bonds is 1. The van der Waals surface area contributed by atoms with Crippen LogP contribution >= 0.6 is 0 Å². The van der Waals surface area contributed by atoms with Crippen molar-refractivity contribution in [2.24, 2.45) is 7.05 Å². The predicted molar refractivity (Wildman–Crippen MR) is 75.4 cm³/mol. The Morgan fingerprint density at radius 2 is 2.19 bits per heavy atom. The largest absolute Gasteiger partial charge is 0.444 e. The number of aryl methyl sites for hydroxylation is 1. The summed E-state index contributed by atoms with van der Waals surface area (Å²) in [5, 5.41) is 7.62. The molecule has 1 amide bonds.